The Bertz CT molecular complexity index is 322. The summed E-state index contributed by atoms with van der Waals surface area (Å²) in [6.45, 7) is 1.98. The summed E-state index contributed by atoms with van der Waals surface area (Å²) in [6.07, 6.45) is 1.69. The Labute approximate surface area is 56.3 Å². The maximum Gasteiger partial charge on any atom is 0.206 e. The van der Waals surface area contributed by atoms with E-state index in [0.717, 1.165) is 16.0 Å². The molecule has 2 rings (SSSR count). The van der Waals surface area contributed by atoms with E-state index >= 15 is 0 Å². The van der Waals surface area contributed by atoms with Crippen LogP contribution in [0, 0.1) is 6.92 Å². The second-order valence-corrected chi connectivity index (χ2v) is 2.63. The second kappa shape index (κ2) is 1.57. The Kier molecular flexibility index (Phi) is 0.873. The molecule has 0 atom stereocenters. The highest BCUT2D eigenvalue weighted by atomic mass is 32.1. The van der Waals surface area contributed by atoms with Crippen LogP contribution >= 0.6 is 11.5 Å². The van der Waals surface area contributed by atoms with Crippen LogP contribution in [0.1, 0.15) is 5.69 Å². The summed E-state index contributed by atoms with van der Waals surface area (Å²) in [4.78, 5) is 0.924. The average Bonchev–Trinajstić information content (AvgIpc) is 2.35. The third kappa shape index (κ3) is 0.580. The molecule has 0 N–H and O–H groups in total. The monoisotopic (exact) mass is 139 g/mol. The van der Waals surface area contributed by atoms with Crippen molar-refractivity contribution >= 4 is 21.8 Å². The predicted molar refractivity (Wildman–Crippen MR) is 36.6 cm³/mol. The van der Waals surface area contributed by atoms with Crippen molar-refractivity contribution in [2.45, 2.75) is 6.92 Å². The molecule has 2 nitrogen and oxygen atoms in total. The highest BCUT2D eigenvalue weighted by molar-refractivity contribution is 7.12. The smallest absolute Gasteiger partial charge is 0.206 e. The summed E-state index contributed by atoms with van der Waals surface area (Å²) in [5.41, 5.74) is 1.06. The molecule has 0 aliphatic carbocycles. The number of rotatable bonds is 0. The van der Waals surface area contributed by atoms with Gasteiger partial charge < -0.3 is 4.42 Å². The van der Waals surface area contributed by atoms with Crippen molar-refractivity contribution in [1.29, 1.82) is 0 Å². The summed E-state index contributed by atoms with van der Waals surface area (Å²) in [6, 6.07) is 1.94. The molecule has 0 unspecified atom stereocenters. The first-order valence-corrected chi connectivity index (χ1v) is 3.45. The number of hydrogen-bond acceptors (Lipinski definition) is 3. The lowest BCUT2D eigenvalue weighted by Crippen LogP contribution is -1.62. The van der Waals surface area contributed by atoms with Gasteiger partial charge in [-0.05, 0) is 13.0 Å². The van der Waals surface area contributed by atoms with Crippen LogP contribution in [0.5, 0.6) is 0 Å². The molecule has 46 valence electrons. The lowest BCUT2D eigenvalue weighted by atomic mass is 10.3. The van der Waals surface area contributed by atoms with E-state index in [1.165, 1.54) is 11.5 Å². The fourth-order valence-corrected chi connectivity index (χ4v) is 1.52. The van der Waals surface area contributed by atoms with Crippen LogP contribution in [0.2, 0.25) is 0 Å². The van der Waals surface area contributed by atoms with Crippen molar-refractivity contribution < 1.29 is 4.42 Å². The van der Waals surface area contributed by atoms with Crippen LogP contribution in [0.3, 0.4) is 0 Å². The standard InChI is InChI=1S/C6H5NOS/c1-4-5-2-3-8-6(5)9-7-4/h2-3H,1H3. The molecule has 0 aliphatic rings. The zero-order valence-corrected chi connectivity index (χ0v) is 5.73. The molecule has 0 radical (unpaired) electrons. The van der Waals surface area contributed by atoms with Gasteiger partial charge in [0.15, 0.2) is 0 Å². The zero-order valence-electron chi connectivity index (χ0n) is 4.92. The van der Waals surface area contributed by atoms with Gasteiger partial charge in [0, 0.05) is 11.5 Å². The first-order valence-electron chi connectivity index (χ1n) is 2.67. The van der Waals surface area contributed by atoms with E-state index in [4.69, 9.17) is 4.42 Å². The molecule has 2 aromatic heterocycles. The maximum absolute atomic E-state index is 5.09. The second-order valence-electron chi connectivity index (χ2n) is 1.89. The fourth-order valence-electron chi connectivity index (χ4n) is 0.793. The lowest BCUT2D eigenvalue weighted by molar-refractivity contribution is 0.623. The molecule has 2 aromatic rings. The molecule has 0 saturated heterocycles. The largest absolute Gasteiger partial charge is 0.452 e. The minimum absolute atomic E-state index is 0.924. The topological polar surface area (TPSA) is 26.0 Å². The molecule has 2 heterocycles. The number of hydrogen-bond donors (Lipinski definition) is 0. The highest BCUT2D eigenvalue weighted by Crippen LogP contribution is 2.22. The highest BCUT2D eigenvalue weighted by Gasteiger charge is 2.01. The van der Waals surface area contributed by atoms with Gasteiger partial charge >= 0.3 is 0 Å². The summed E-state index contributed by atoms with van der Waals surface area (Å²) in [7, 11) is 0. The van der Waals surface area contributed by atoms with Gasteiger partial charge in [0.2, 0.25) is 4.90 Å². The van der Waals surface area contributed by atoms with Crippen LogP contribution < -0.4 is 0 Å². The van der Waals surface area contributed by atoms with E-state index in [0.29, 0.717) is 0 Å². The van der Waals surface area contributed by atoms with Crippen LogP contribution in [0.4, 0.5) is 0 Å². The SMILES string of the molecule is Cc1nsc2occc12. The Hall–Kier alpha value is -0.830. The zero-order chi connectivity index (χ0) is 6.27. The van der Waals surface area contributed by atoms with Gasteiger partial charge in [0.25, 0.3) is 0 Å². The van der Waals surface area contributed by atoms with Crippen molar-refractivity contribution in [3.63, 3.8) is 0 Å². The van der Waals surface area contributed by atoms with Gasteiger partial charge in [0.05, 0.1) is 17.3 Å². The molecular formula is C6H5NOS. The summed E-state index contributed by atoms with van der Waals surface area (Å²) >= 11 is 1.40. The number of aromatic nitrogens is 1. The maximum atomic E-state index is 5.09. The van der Waals surface area contributed by atoms with Crippen LogP contribution in [0.25, 0.3) is 10.3 Å². The van der Waals surface area contributed by atoms with Crippen molar-refractivity contribution in [2.24, 2.45) is 0 Å². The van der Waals surface area contributed by atoms with Gasteiger partial charge in [-0.1, -0.05) is 0 Å². The van der Waals surface area contributed by atoms with Gasteiger partial charge in [-0.3, -0.25) is 0 Å². The molecule has 0 aliphatic heterocycles. The van der Waals surface area contributed by atoms with Crippen LogP contribution in [-0.4, -0.2) is 4.37 Å². The van der Waals surface area contributed by atoms with Gasteiger partial charge in [-0.15, -0.1) is 0 Å². The third-order valence-corrected chi connectivity index (χ3v) is 2.13. The predicted octanol–water partition coefficient (Wildman–Crippen LogP) is 2.20. The van der Waals surface area contributed by atoms with Crippen molar-refractivity contribution in [2.75, 3.05) is 0 Å². The average molecular weight is 139 g/mol. The van der Waals surface area contributed by atoms with Crippen molar-refractivity contribution in [1.82, 2.24) is 4.37 Å². The summed E-state index contributed by atoms with van der Waals surface area (Å²) < 4.78 is 9.20. The Morgan fingerprint density at radius 2 is 2.56 bits per heavy atom. The Morgan fingerprint density at radius 1 is 1.67 bits per heavy atom. The van der Waals surface area contributed by atoms with Crippen LogP contribution in [0.15, 0.2) is 16.7 Å². The van der Waals surface area contributed by atoms with Crippen LogP contribution in [-0.2, 0) is 0 Å². The van der Waals surface area contributed by atoms with E-state index in [2.05, 4.69) is 4.37 Å². The lowest BCUT2D eigenvalue weighted by Gasteiger charge is -1.71. The molecule has 0 aromatic carbocycles. The van der Waals surface area contributed by atoms with Crippen molar-refractivity contribution in [3.05, 3.63) is 18.0 Å². The molecule has 0 fully saturated rings. The quantitative estimate of drug-likeness (QED) is 0.559. The first-order chi connectivity index (χ1) is 4.38. The number of fused-ring (bicyclic) bond motifs is 1. The van der Waals surface area contributed by atoms with E-state index in [9.17, 15) is 0 Å². The first kappa shape index (κ1) is 4.99. The minimum Gasteiger partial charge on any atom is -0.452 e. The summed E-state index contributed by atoms with van der Waals surface area (Å²) in [5.74, 6) is 0. The van der Waals surface area contributed by atoms with Gasteiger partial charge in [0.1, 0.15) is 0 Å². The van der Waals surface area contributed by atoms with Crippen molar-refractivity contribution in [3.8, 4) is 0 Å². The molecule has 0 spiro atoms. The molecule has 0 saturated carbocycles. The van der Waals surface area contributed by atoms with E-state index in [1.54, 1.807) is 6.26 Å². The number of furan rings is 1. The van der Waals surface area contributed by atoms with Gasteiger partial charge in [-0.2, -0.15) is 4.37 Å². The van der Waals surface area contributed by atoms with E-state index in [-0.39, 0.29) is 0 Å². The minimum atomic E-state index is 0.924. The third-order valence-electron chi connectivity index (χ3n) is 1.28. The number of nitrogens with zero attached hydrogens (tertiary/aromatic N) is 1. The van der Waals surface area contributed by atoms with E-state index in [1.807, 2.05) is 13.0 Å². The Morgan fingerprint density at radius 3 is 3.33 bits per heavy atom. The molecular weight excluding hydrogens is 134 g/mol. The van der Waals surface area contributed by atoms with Gasteiger partial charge in [-0.25, -0.2) is 0 Å². The number of aryl methyl sites for hydroxylation is 1. The Balaban J connectivity index is 2.99. The normalized spacial score (nSPS) is 10.8. The molecule has 0 amide bonds. The fraction of sp³-hybridized carbons (Fsp3) is 0.167. The molecule has 0 bridgehead atoms. The molecule has 3 heteroatoms. The molecule has 9 heavy (non-hydrogen) atoms. The summed E-state index contributed by atoms with van der Waals surface area (Å²) in [5, 5.41) is 1.14. The van der Waals surface area contributed by atoms with E-state index < -0.39 is 0 Å².